The number of nitrogens with one attached hydrogen (secondary N) is 1. The third kappa shape index (κ3) is 1.69. The number of fused-ring (bicyclic) bond motifs is 2. The number of piperidine rings is 1. The van der Waals surface area contributed by atoms with Crippen LogP contribution in [-0.2, 0) is 0 Å². The van der Waals surface area contributed by atoms with Gasteiger partial charge in [-0.25, -0.2) is 0 Å². The van der Waals surface area contributed by atoms with Crippen LogP contribution < -0.4 is 5.32 Å². The Hall–Kier alpha value is -0.820. The summed E-state index contributed by atoms with van der Waals surface area (Å²) in [6.45, 7) is 2.19. The van der Waals surface area contributed by atoms with Crippen LogP contribution in [0.25, 0.3) is 0 Å². The van der Waals surface area contributed by atoms with Crippen LogP contribution >= 0.6 is 0 Å². The van der Waals surface area contributed by atoms with E-state index in [2.05, 4.69) is 36.5 Å². The van der Waals surface area contributed by atoms with Gasteiger partial charge in [0.15, 0.2) is 0 Å². The third-order valence-electron chi connectivity index (χ3n) is 4.06. The Bertz CT molecular complexity index is 358. The van der Waals surface area contributed by atoms with E-state index in [1.807, 2.05) is 0 Å². The van der Waals surface area contributed by atoms with Gasteiger partial charge in [0, 0.05) is 12.1 Å². The zero-order valence-corrected chi connectivity index (χ0v) is 9.37. The summed E-state index contributed by atoms with van der Waals surface area (Å²) in [6.07, 6.45) is 5.52. The predicted octanol–water partition coefficient (Wildman–Crippen LogP) is 2.99. The van der Waals surface area contributed by atoms with Crippen LogP contribution in [-0.4, -0.2) is 12.1 Å². The van der Waals surface area contributed by atoms with Gasteiger partial charge in [-0.1, -0.05) is 29.8 Å². The minimum absolute atomic E-state index is 0.755. The Kier molecular flexibility index (Phi) is 2.28. The molecular weight excluding hydrogens is 182 g/mol. The Balaban J connectivity index is 1.87. The molecule has 0 saturated carbocycles. The van der Waals surface area contributed by atoms with Crippen LogP contribution in [0.2, 0.25) is 0 Å². The van der Waals surface area contributed by atoms with E-state index >= 15 is 0 Å². The third-order valence-corrected chi connectivity index (χ3v) is 4.06. The molecule has 3 unspecified atom stereocenters. The van der Waals surface area contributed by atoms with Crippen molar-refractivity contribution in [3.05, 3.63) is 35.4 Å². The highest BCUT2D eigenvalue weighted by molar-refractivity contribution is 5.28. The largest absolute Gasteiger partial charge is 0.311 e. The standard InChI is InChI=1S/C14H19N/c1-10-3-2-4-11(9-10)13-7-5-12-6-8-14(13)15-12/h2-4,9,12-15H,5-8H2,1H3. The lowest BCUT2D eigenvalue weighted by Gasteiger charge is -2.30. The van der Waals surface area contributed by atoms with E-state index < -0.39 is 0 Å². The van der Waals surface area contributed by atoms with E-state index in [9.17, 15) is 0 Å². The predicted molar refractivity (Wildman–Crippen MR) is 63.1 cm³/mol. The van der Waals surface area contributed by atoms with Crippen LogP contribution in [0.4, 0.5) is 0 Å². The molecule has 1 heteroatoms. The highest BCUT2D eigenvalue weighted by atomic mass is 15.0. The molecule has 15 heavy (non-hydrogen) atoms. The van der Waals surface area contributed by atoms with Crippen LogP contribution in [0.15, 0.2) is 24.3 Å². The van der Waals surface area contributed by atoms with Crippen molar-refractivity contribution in [1.82, 2.24) is 5.32 Å². The van der Waals surface area contributed by atoms with Gasteiger partial charge in [-0.05, 0) is 44.1 Å². The van der Waals surface area contributed by atoms with Crippen molar-refractivity contribution in [3.8, 4) is 0 Å². The highest BCUT2D eigenvalue weighted by Gasteiger charge is 2.35. The van der Waals surface area contributed by atoms with E-state index in [1.165, 1.54) is 31.2 Å². The molecule has 0 radical (unpaired) electrons. The molecule has 1 nitrogen and oxygen atoms in total. The number of hydrogen-bond donors (Lipinski definition) is 1. The Labute approximate surface area is 91.9 Å². The fraction of sp³-hybridized carbons (Fsp3) is 0.571. The number of aryl methyl sites for hydroxylation is 1. The second-order valence-corrected chi connectivity index (χ2v) is 5.15. The molecule has 0 aromatic heterocycles. The van der Waals surface area contributed by atoms with E-state index in [0.29, 0.717) is 0 Å². The van der Waals surface area contributed by atoms with Gasteiger partial charge in [-0.2, -0.15) is 0 Å². The molecule has 3 atom stereocenters. The second kappa shape index (κ2) is 3.64. The molecular formula is C14H19N. The molecule has 1 aromatic rings. The van der Waals surface area contributed by atoms with E-state index in [0.717, 1.165) is 18.0 Å². The molecule has 80 valence electrons. The van der Waals surface area contributed by atoms with E-state index in [-0.39, 0.29) is 0 Å². The molecule has 2 aliphatic heterocycles. The van der Waals surface area contributed by atoms with Gasteiger partial charge in [-0.15, -0.1) is 0 Å². The van der Waals surface area contributed by atoms with Crippen molar-refractivity contribution in [3.63, 3.8) is 0 Å². The van der Waals surface area contributed by atoms with Crippen LogP contribution in [0.1, 0.15) is 42.7 Å². The summed E-state index contributed by atoms with van der Waals surface area (Å²) in [5.41, 5.74) is 2.94. The van der Waals surface area contributed by atoms with Crippen molar-refractivity contribution in [2.75, 3.05) is 0 Å². The first-order valence-electron chi connectivity index (χ1n) is 6.15. The van der Waals surface area contributed by atoms with Gasteiger partial charge < -0.3 is 5.32 Å². The van der Waals surface area contributed by atoms with Crippen LogP contribution in [0.3, 0.4) is 0 Å². The maximum Gasteiger partial charge on any atom is 0.0139 e. The minimum Gasteiger partial charge on any atom is -0.311 e. The summed E-state index contributed by atoms with van der Waals surface area (Å²) in [7, 11) is 0. The van der Waals surface area contributed by atoms with Gasteiger partial charge in [0.2, 0.25) is 0 Å². The average Bonchev–Trinajstić information content (AvgIpc) is 2.61. The molecule has 2 saturated heterocycles. The molecule has 1 aromatic carbocycles. The molecule has 0 amide bonds. The zero-order valence-electron chi connectivity index (χ0n) is 9.37. The van der Waals surface area contributed by atoms with Crippen molar-refractivity contribution in [2.45, 2.75) is 50.6 Å². The first-order valence-corrected chi connectivity index (χ1v) is 6.15. The van der Waals surface area contributed by atoms with E-state index in [1.54, 1.807) is 5.56 Å². The Morgan fingerprint density at radius 1 is 1.13 bits per heavy atom. The molecule has 2 aliphatic rings. The Morgan fingerprint density at radius 2 is 2.00 bits per heavy atom. The Morgan fingerprint density at radius 3 is 2.87 bits per heavy atom. The second-order valence-electron chi connectivity index (χ2n) is 5.15. The van der Waals surface area contributed by atoms with Crippen molar-refractivity contribution in [1.29, 1.82) is 0 Å². The fourth-order valence-corrected chi connectivity index (χ4v) is 3.28. The molecule has 3 rings (SSSR count). The smallest absolute Gasteiger partial charge is 0.0139 e. The first-order chi connectivity index (χ1) is 7.33. The van der Waals surface area contributed by atoms with Crippen molar-refractivity contribution < 1.29 is 0 Å². The quantitative estimate of drug-likeness (QED) is 0.736. The first kappa shape index (κ1) is 9.41. The lowest BCUT2D eigenvalue weighted by atomic mass is 9.85. The number of rotatable bonds is 1. The van der Waals surface area contributed by atoms with Gasteiger partial charge in [0.1, 0.15) is 0 Å². The summed E-state index contributed by atoms with van der Waals surface area (Å²) >= 11 is 0. The summed E-state index contributed by atoms with van der Waals surface area (Å²) in [5, 5.41) is 3.76. The molecule has 0 aliphatic carbocycles. The summed E-state index contributed by atoms with van der Waals surface area (Å²) < 4.78 is 0. The molecule has 0 spiro atoms. The monoisotopic (exact) mass is 201 g/mol. The van der Waals surface area contributed by atoms with Crippen LogP contribution in [0, 0.1) is 6.92 Å². The molecule has 2 bridgehead atoms. The lowest BCUT2D eigenvalue weighted by molar-refractivity contribution is 0.359. The number of hydrogen-bond acceptors (Lipinski definition) is 1. The van der Waals surface area contributed by atoms with Crippen LogP contribution in [0.5, 0.6) is 0 Å². The SMILES string of the molecule is Cc1cccc(C2CCC3CCC2N3)c1. The fourth-order valence-electron chi connectivity index (χ4n) is 3.28. The van der Waals surface area contributed by atoms with Crippen molar-refractivity contribution >= 4 is 0 Å². The number of benzene rings is 1. The topological polar surface area (TPSA) is 12.0 Å². The summed E-state index contributed by atoms with van der Waals surface area (Å²) in [4.78, 5) is 0. The summed E-state index contributed by atoms with van der Waals surface area (Å²) in [6, 6.07) is 10.6. The van der Waals surface area contributed by atoms with E-state index in [4.69, 9.17) is 0 Å². The zero-order chi connectivity index (χ0) is 10.3. The maximum absolute atomic E-state index is 3.76. The normalized spacial score (nSPS) is 34.3. The van der Waals surface area contributed by atoms with Gasteiger partial charge in [0.25, 0.3) is 0 Å². The highest BCUT2D eigenvalue weighted by Crippen LogP contribution is 2.37. The minimum atomic E-state index is 0.755. The van der Waals surface area contributed by atoms with Gasteiger partial charge >= 0.3 is 0 Å². The van der Waals surface area contributed by atoms with Crippen molar-refractivity contribution in [2.24, 2.45) is 0 Å². The average molecular weight is 201 g/mol. The summed E-state index contributed by atoms with van der Waals surface area (Å²) in [5.74, 6) is 0.767. The maximum atomic E-state index is 3.76. The molecule has 2 heterocycles. The van der Waals surface area contributed by atoms with Gasteiger partial charge in [0.05, 0.1) is 0 Å². The molecule has 2 fully saturated rings. The molecule has 1 N–H and O–H groups in total. The van der Waals surface area contributed by atoms with Gasteiger partial charge in [-0.3, -0.25) is 0 Å². The lowest BCUT2D eigenvalue weighted by Crippen LogP contribution is -2.39.